The van der Waals surface area contributed by atoms with Gasteiger partial charge in [0.25, 0.3) is 0 Å². The van der Waals surface area contributed by atoms with E-state index in [0.29, 0.717) is 11.8 Å². The number of rotatable bonds is 5. The van der Waals surface area contributed by atoms with Crippen LogP contribution in [0.2, 0.25) is 0 Å². The molecule has 1 fully saturated rings. The number of benzene rings is 1. The molecule has 22 heavy (non-hydrogen) atoms. The number of nitro groups is 1. The van der Waals surface area contributed by atoms with Crippen LogP contribution in [0.15, 0.2) is 35.0 Å². The molecule has 3 rings (SSSR count). The zero-order valence-electron chi connectivity index (χ0n) is 12.4. The van der Waals surface area contributed by atoms with Gasteiger partial charge >= 0.3 is 5.69 Å². The van der Waals surface area contributed by atoms with Gasteiger partial charge in [0.2, 0.25) is 0 Å². The van der Waals surface area contributed by atoms with Crippen molar-refractivity contribution >= 4 is 17.0 Å². The first-order valence-corrected chi connectivity index (χ1v) is 8.21. The van der Waals surface area contributed by atoms with Gasteiger partial charge in [-0.25, -0.2) is 0 Å². The van der Waals surface area contributed by atoms with Crippen molar-refractivity contribution in [1.29, 1.82) is 0 Å². The van der Waals surface area contributed by atoms with Gasteiger partial charge in [-0.1, -0.05) is 6.07 Å². The average Bonchev–Trinajstić information content (AvgIpc) is 3.17. The van der Waals surface area contributed by atoms with E-state index < -0.39 is 0 Å². The van der Waals surface area contributed by atoms with E-state index >= 15 is 0 Å². The van der Waals surface area contributed by atoms with E-state index in [-0.39, 0.29) is 10.6 Å². The Morgan fingerprint density at radius 3 is 3.00 bits per heavy atom. The molecule has 0 amide bonds. The van der Waals surface area contributed by atoms with Gasteiger partial charge in [-0.15, -0.1) is 0 Å². The third kappa shape index (κ3) is 2.98. The van der Waals surface area contributed by atoms with Crippen LogP contribution in [0.3, 0.4) is 0 Å². The van der Waals surface area contributed by atoms with Crippen molar-refractivity contribution in [3.8, 4) is 5.75 Å². The normalized spacial score (nSPS) is 18.5. The Bertz CT molecular complexity index is 657. The number of methoxy groups -OCH3 is 1. The van der Waals surface area contributed by atoms with Gasteiger partial charge in [-0.3, -0.25) is 15.0 Å². The monoisotopic (exact) mass is 318 g/mol. The summed E-state index contributed by atoms with van der Waals surface area (Å²) in [5.41, 5.74) is 2.34. The van der Waals surface area contributed by atoms with Crippen LogP contribution in [0.4, 0.5) is 5.69 Å². The lowest BCUT2D eigenvalue weighted by atomic mass is 10.1. The Kier molecular flexibility index (Phi) is 4.40. The standard InChI is InChI=1S/C16H18N2O3S/c1-21-16-5-4-12(9-15(16)18(19)20)10-17-7-2-3-14(17)13-6-8-22-11-13/h4-6,8-9,11,14H,2-3,7,10H2,1H3/t14-/m1/s1. The van der Waals surface area contributed by atoms with Gasteiger partial charge in [0.05, 0.1) is 12.0 Å². The molecule has 0 radical (unpaired) electrons. The molecule has 1 aromatic heterocycles. The van der Waals surface area contributed by atoms with Crippen molar-refractivity contribution in [3.05, 3.63) is 56.3 Å². The summed E-state index contributed by atoms with van der Waals surface area (Å²) in [4.78, 5) is 13.1. The maximum atomic E-state index is 11.1. The van der Waals surface area contributed by atoms with Crippen LogP contribution in [0, 0.1) is 10.1 Å². The lowest BCUT2D eigenvalue weighted by Crippen LogP contribution is -2.22. The molecule has 0 bridgehead atoms. The van der Waals surface area contributed by atoms with Gasteiger partial charge < -0.3 is 4.74 Å². The van der Waals surface area contributed by atoms with Gasteiger partial charge in [-0.05, 0) is 53.4 Å². The topological polar surface area (TPSA) is 55.6 Å². The van der Waals surface area contributed by atoms with Gasteiger partial charge in [0.15, 0.2) is 5.75 Å². The Balaban J connectivity index is 1.80. The predicted octanol–water partition coefficient (Wildman–Crippen LogP) is 4.00. The van der Waals surface area contributed by atoms with Crippen molar-refractivity contribution in [2.45, 2.75) is 25.4 Å². The van der Waals surface area contributed by atoms with E-state index in [9.17, 15) is 10.1 Å². The largest absolute Gasteiger partial charge is 0.490 e. The summed E-state index contributed by atoms with van der Waals surface area (Å²) in [7, 11) is 1.45. The lowest BCUT2D eigenvalue weighted by Gasteiger charge is -2.24. The molecule has 0 saturated carbocycles. The Morgan fingerprint density at radius 2 is 2.32 bits per heavy atom. The SMILES string of the molecule is COc1ccc(CN2CCC[C@@H]2c2ccsc2)cc1[N+](=O)[O-]. The lowest BCUT2D eigenvalue weighted by molar-refractivity contribution is -0.385. The molecule has 1 atom stereocenters. The highest BCUT2D eigenvalue weighted by Crippen LogP contribution is 2.35. The van der Waals surface area contributed by atoms with Crippen LogP contribution in [0.1, 0.15) is 30.0 Å². The highest BCUT2D eigenvalue weighted by molar-refractivity contribution is 7.07. The molecule has 1 saturated heterocycles. The first-order valence-electron chi connectivity index (χ1n) is 7.26. The Hall–Kier alpha value is -1.92. The highest BCUT2D eigenvalue weighted by Gasteiger charge is 2.27. The summed E-state index contributed by atoms with van der Waals surface area (Å²) in [5, 5.41) is 15.4. The third-order valence-corrected chi connectivity index (χ3v) is 4.82. The number of nitro benzene ring substituents is 1. The van der Waals surface area contributed by atoms with Crippen LogP contribution >= 0.6 is 11.3 Å². The van der Waals surface area contributed by atoms with Crippen LogP contribution in [0.25, 0.3) is 0 Å². The molecule has 1 aromatic carbocycles. The molecule has 1 aliphatic rings. The Morgan fingerprint density at radius 1 is 1.45 bits per heavy atom. The summed E-state index contributed by atoms with van der Waals surface area (Å²) in [6, 6.07) is 7.82. The van der Waals surface area contributed by atoms with E-state index in [4.69, 9.17) is 4.74 Å². The van der Waals surface area contributed by atoms with Crippen molar-refractivity contribution < 1.29 is 9.66 Å². The summed E-state index contributed by atoms with van der Waals surface area (Å²) >= 11 is 1.71. The second kappa shape index (κ2) is 6.46. The molecular formula is C16H18N2O3S. The van der Waals surface area contributed by atoms with E-state index in [2.05, 4.69) is 21.7 Å². The van der Waals surface area contributed by atoms with Crippen molar-refractivity contribution in [3.63, 3.8) is 0 Å². The molecule has 0 aliphatic carbocycles. The maximum absolute atomic E-state index is 11.1. The predicted molar refractivity (Wildman–Crippen MR) is 86.4 cm³/mol. The van der Waals surface area contributed by atoms with Gasteiger partial charge in [0, 0.05) is 18.7 Å². The first-order chi connectivity index (χ1) is 10.7. The molecule has 0 unspecified atom stereocenters. The summed E-state index contributed by atoms with van der Waals surface area (Å²) < 4.78 is 5.06. The van der Waals surface area contributed by atoms with Crippen molar-refractivity contribution in [1.82, 2.24) is 4.90 Å². The van der Waals surface area contributed by atoms with E-state index in [1.807, 2.05) is 6.07 Å². The van der Waals surface area contributed by atoms with E-state index in [1.165, 1.54) is 19.1 Å². The quantitative estimate of drug-likeness (QED) is 0.617. The minimum Gasteiger partial charge on any atom is -0.490 e. The minimum absolute atomic E-state index is 0.0336. The average molecular weight is 318 g/mol. The van der Waals surface area contributed by atoms with E-state index in [0.717, 1.165) is 25.1 Å². The number of ether oxygens (including phenoxy) is 1. The first kappa shape index (κ1) is 15.0. The van der Waals surface area contributed by atoms with Gasteiger partial charge in [-0.2, -0.15) is 11.3 Å². The zero-order valence-corrected chi connectivity index (χ0v) is 13.2. The Labute approximate surface area is 133 Å². The third-order valence-electron chi connectivity index (χ3n) is 4.12. The number of hydrogen-bond acceptors (Lipinski definition) is 5. The fourth-order valence-electron chi connectivity index (χ4n) is 3.07. The second-order valence-electron chi connectivity index (χ2n) is 5.45. The molecular weight excluding hydrogens is 300 g/mol. The maximum Gasteiger partial charge on any atom is 0.311 e. The molecule has 2 heterocycles. The minimum atomic E-state index is -0.386. The van der Waals surface area contributed by atoms with Crippen LogP contribution in [-0.4, -0.2) is 23.5 Å². The van der Waals surface area contributed by atoms with Gasteiger partial charge in [0.1, 0.15) is 0 Å². The molecule has 116 valence electrons. The van der Waals surface area contributed by atoms with E-state index in [1.54, 1.807) is 23.5 Å². The van der Waals surface area contributed by atoms with Crippen LogP contribution < -0.4 is 4.74 Å². The molecule has 1 aliphatic heterocycles. The second-order valence-corrected chi connectivity index (χ2v) is 6.23. The van der Waals surface area contributed by atoms with Crippen LogP contribution in [-0.2, 0) is 6.54 Å². The fraction of sp³-hybridized carbons (Fsp3) is 0.375. The molecule has 0 spiro atoms. The zero-order chi connectivity index (χ0) is 15.5. The smallest absolute Gasteiger partial charge is 0.311 e. The molecule has 0 N–H and O–H groups in total. The van der Waals surface area contributed by atoms with Crippen molar-refractivity contribution in [2.24, 2.45) is 0 Å². The molecule has 2 aromatic rings. The summed E-state index contributed by atoms with van der Waals surface area (Å²) in [6.07, 6.45) is 2.31. The number of likely N-dealkylation sites (tertiary alicyclic amines) is 1. The number of thiophene rings is 1. The number of hydrogen-bond donors (Lipinski definition) is 0. The molecule has 6 heteroatoms. The van der Waals surface area contributed by atoms with Crippen molar-refractivity contribution in [2.75, 3.05) is 13.7 Å². The fourth-order valence-corrected chi connectivity index (χ4v) is 3.78. The molecule has 5 nitrogen and oxygen atoms in total. The summed E-state index contributed by atoms with van der Waals surface area (Å²) in [6.45, 7) is 1.76. The van der Waals surface area contributed by atoms with Crippen LogP contribution in [0.5, 0.6) is 5.75 Å². The summed E-state index contributed by atoms with van der Waals surface area (Å²) in [5.74, 6) is 0.310. The number of nitrogens with zero attached hydrogens (tertiary/aromatic N) is 2. The highest BCUT2D eigenvalue weighted by atomic mass is 32.1.